The van der Waals surface area contributed by atoms with Crippen molar-refractivity contribution in [2.45, 2.75) is 13.8 Å². The third-order valence-electron chi connectivity index (χ3n) is 2.81. The Balaban J connectivity index is 2.95. The Morgan fingerprint density at radius 2 is 1.94 bits per heavy atom. The van der Waals surface area contributed by atoms with Crippen LogP contribution >= 0.6 is 0 Å². The van der Waals surface area contributed by atoms with E-state index in [1.54, 1.807) is 6.07 Å². The fourth-order valence-corrected chi connectivity index (χ4v) is 1.60. The highest BCUT2D eigenvalue weighted by molar-refractivity contribution is 6.04. The second-order valence-electron chi connectivity index (χ2n) is 4.39. The minimum Gasteiger partial charge on any atom is -0.481 e. The molecular formula is C13H18N2O3. The lowest BCUT2D eigenvalue weighted by Crippen LogP contribution is -2.27. The number of carbonyl (C=O) groups is 2. The van der Waals surface area contributed by atoms with Gasteiger partial charge in [0.2, 0.25) is 5.91 Å². The summed E-state index contributed by atoms with van der Waals surface area (Å²) >= 11 is 0. The molecule has 0 aliphatic carbocycles. The molecule has 1 amide bonds. The fraction of sp³-hybridized carbons (Fsp3) is 0.385. The molecule has 1 rings (SSSR count). The molecule has 0 spiro atoms. The van der Waals surface area contributed by atoms with Gasteiger partial charge in [-0.15, -0.1) is 0 Å². The van der Waals surface area contributed by atoms with Crippen LogP contribution in [0.4, 0.5) is 11.4 Å². The van der Waals surface area contributed by atoms with Gasteiger partial charge < -0.3 is 15.3 Å². The van der Waals surface area contributed by atoms with Crippen LogP contribution in [0.2, 0.25) is 0 Å². The van der Waals surface area contributed by atoms with Crippen molar-refractivity contribution in [3.05, 3.63) is 23.8 Å². The summed E-state index contributed by atoms with van der Waals surface area (Å²) in [5.41, 5.74) is 2.53. The quantitative estimate of drug-likeness (QED) is 0.798. The van der Waals surface area contributed by atoms with Crippen LogP contribution in [0.15, 0.2) is 18.2 Å². The molecule has 0 fully saturated rings. The number of carboxylic acid groups (broad SMARTS) is 1. The number of amides is 1. The second-order valence-corrected chi connectivity index (χ2v) is 4.39. The smallest absolute Gasteiger partial charge is 0.315 e. The largest absolute Gasteiger partial charge is 0.481 e. The molecule has 5 nitrogen and oxygen atoms in total. The topological polar surface area (TPSA) is 69.6 Å². The van der Waals surface area contributed by atoms with E-state index < -0.39 is 17.8 Å². The lowest BCUT2D eigenvalue weighted by molar-refractivity contribution is -0.144. The maximum absolute atomic E-state index is 11.7. The Morgan fingerprint density at radius 1 is 1.33 bits per heavy atom. The molecule has 0 aromatic heterocycles. The average molecular weight is 250 g/mol. The highest BCUT2D eigenvalue weighted by atomic mass is 16.4. The van der Waals surface area contributed by atoms with Crippen molar-refractivity contribution in [1.29, 1.82) is 0 Å². The summed E-state index contributed by atoms with van der Waals surface area (Å²) in [5.74, 6) is -2.71. The third kappa shape index (κ3) is 3.00. The number of carboxylic acids is 1. The van der Waals surface area contributed by atoms with Crippen molar-refractivity contribution in [3.63, 3.8) is 0 Å². The summed E-state index contributed by atoms with van der Waals surface area (Å²) in [6.07, 6.45) is 0. The van der Waals surface area contributed by atoms with Crippen LogP contribution in [0, 0.1) is 12.8 Å². The maximum Gasteiger partial charge on any atom is 0.315 e. The van der Waals surface area contributed by atoms with Crippen molar-refractivity contribution in [3.8, 4) is 0 Å². The number of carbonyl (C=O) groups excluding carboxylic acids is 1. The zero-order valence-corrected chi connectivity index (χ0v) is 11.0. The fourth-order valence-electron chi connectivity index (χ4n) is 1.60. The lowest BCUT2D eigenvalue weighted by Gasteiger charge is -2.19. The summed E-state index contributed by atoms with van der Waals surface area (Å²) in [6, 6.07) is 5.52. The van der Waals surface area contributed by atoms with Gasteiger partial charge in [-0.2, -0.15) is 0 Å². The molecule has 0 aliphatic rings. The first-order valence-corrected chi connectivity index (χ1v) is 5.65. The SMILES string of the molecule is Cc1c(NC(=O)C(C)C(=O)O)cccc1N(C)C. The van der Waals surface area contributed by atoms with Gasteiger partial charge >= 0.3 is 5.97 Å². The highest BCUT2D eigenvalue weighted by Crippen LogP contribution is 2.25. The normalized spacial score (nSPS) is 11.8. The Bertz CT molecular complexity index is 469. The molecule has 0 bridgehead atoms. The van der Waals surface area contributed by atoms with Gasteiger partial charge in [0.05, 0.1) is 0 Å². The average Bonchev–Trinajstić information content (AvgIpc) is 2.30. The summed E-state index contributed by atoms with van der Waals surface area (Å²) in [7, 11) is 3.82. The number of benzene rings is 1. The molecule has 1 unspecified atom stereocenters. The van der Waals surface area contributed by atoms with Crippen molar-refractivity contribution in [2.24, 2.45) is 5.92 Å². The van der Waals surface area contributed by atoms with Crippen LogP contribution in [0.1, 0.15) is 12.5 Å². The zero-order valence-electron chi connectivity index (χ0n) is 11.0. The number of nitrogens with one attached hydrogen (secondary N) is 1. The minimum atomic E-state index is -1.13. The van der Waals surface area contributed by atoms with Crippen molar-refractivity contribution < 1.29 is 14.7 Å². The molecule has 0 aliphatic heterocycles. The van der Waals surface area contributed by atoms with Gasteiger partial charge in [-0.05, 0) is 31.5 Å². The number of rotatable bonds is 4. The van der Waals surface area contributed by atoms with Crippen LogP contribution in [-0.4, -0.2) is 31.1 Å². The molecule has 0 radical (unpaired) electrons. The van der Waals surface area contributed by atoms with E-state index in [9.17, 15) is 9.59 Å². The molecular weight excluding hydrogens is 232 g/mol. The van der Waals surface area contributed by atoms with Crippen LogP contribution in [0.5, 0.6) is 0 Å². The number of aliphatic carboxylic acids is 1. The highest BCUT2D eigenvalue weighted by Gasteiger charge is 2.21. The van der Waals surface area contributed by atoms with Gasteiger partial charge in [-0.1, -0.05) is 6.07 Å². The summed E-state index contributed by atoms with van der Waals surface area (Å²) in [6.45, 7) is 3.25. The molecule has 1 atom stereocenters. The van der Waals surface area contributed by atoms with Gasteiger partial charge in [0, 0.05) is 25.5 Å². The molecule has 5 heteroatoms. The Kier molecular flexibility index (Phi) is 4.31. The van der Waals surface area contributed by atoms with Crippen molar-refractivity contribution in [1.82, 2.24) is 0 Å². The molecule has 0 saturated carbocycles. The number of hydrogen-bond donors (Lipinski definition) is 2. The van der Waals surface area contributed by atoms with E-state index in [0.29, 0.717) is 5.69 Å². The van der Waals surface area contributed by atoms with Crippen molar-refractivity contribution in [2.75, 3.05) is 24.3 Å². The molecule has 18 heavy (non-hydrogen) atoms. The summed E-state index contributed by atoms with van der Waals surface area (Å²) in [5, 5.41) is 11.4. The summed E-state index contributed by atoms with van der Waals surface area (Å²) in [4.78, 5) is 24.3. The molecule has 1 aromatic carbocycles. The van der Waals surface area contributed by atoms with E-state index >= 15 is 0 Å². The Morgan fingerprint density at radius 3 is 2.44 bits per heavy atom. The monoisotopic (exact) mass is 250 g/mol. The summed E-state index contributed by atoms with van der Waals surface area (Å²) < 4.78 is 0. The first-order chi connectivity index (χ1) is 8.34. The molecule has 0 saturated heterocycles. The van der Waals surface area contributed by atoms with E-state index in [0.717, 1.165) is 11.3 Å². The van der Waals surface area contributed by atoms with E-state index in [1.165, 1.54) is 6.92 Å². The lowest BCUT2D eigenvalue weighted by atomic mass is 10.1. The van der Waals surface area contributed by atoms with Gasteiger partial charge in [0.1, 0.15) is 5.92 Å². The first kappa shape index (κ1) is 14.0. The second kappa shape index (κ2) is 5.53. The third-order valence-corrected chi connectivity index (χ3v) is 2.81. The van der Waals surface area contributed by atoms with Crippen molar-refractivity contribution >= 4 is 23.3 Å². The number of hydrogen-bond acceptors (Lipinski definition) is 3. The number of anilines is 2. The minimum absolute atomic E-state index is 0.512. The molecule has 0 heterocycles. The van der Waals surface area contributed by atoms with Crippen LogP contribution in [0.25, 0.3) is 0 Å². The van der Waals surface area contributed by atoms with Crippen LogP contribution < -0.4 is 10.2 Å². The Hall–Kier alpha value is -2.04. The van der Waals surface area contributed by atoms with Crippen LogP contribution in [0.3, 0.4) is 0 Å². The van der Waals surface area contributed by atoms with Gasteiger partial charge in [0.25, 0.3) is 0 Å². The van der Waals surface area contributed by atoms with E-state index in [2.05, 4.69) is 5.32 Å². The number of nitrogens with zero attached hydrogens (tertiary/aromatic N) is 1. The van der Waals surface area contributed by atoms with E-state index in [1.807, 2.05) is 38.1 Å². The predicted octanol–water partition coefficient (Wildman–Crippen LogP) is 1.72. The Labute approximate surface area is 106 Å². The maximum atomic E-state index is 11.7. The van der Waals surface area contributed by atoms with Crippen LogP contribution in [-0.2, 0) is 9.59 Å². The van der Waals surface area contributed by atoms with Gasteiger partial charge in [-0.25, -0.2) is 0 Å². The zero-order chi connectivity index (χ0) is 13.9. The van der Waals surface area contributed by atoms with E-state index in [4.69, 9.17) is 5.11 Å². The first-order valence-electron chi connectivity index (χ1n) is 5.65. The molecule has 2 N–H and O–H groups in total. The van der Waals surface area contributed by atoms with E-state index in [-0.39, 0.29) is 0 Å². The van der Waals surface area contributed by atoms with Gasteiger partial charge in [0.15, 0.2) is 0 Å². The molecule has 1 aromatic rings. The predicted molar refractivity (Wildman–Crippen MR) is 70.9 cm³/mol. The standard InChI is InChI=1S/C13H18N2O3/c1-8-10(6-5-7-11(8)15(3)4)14-12(16)9(2)13(17)18/h5-7,9H,1-4H3,(H,14,16)(H,17,18). The van der Waals surface area contributed by atoms with Gasteiger partial charge in [-0.3, -0.25) is 9.59 Å². The molecule has 98 valence electrons.